The lowest BCUT2D eigenvalue weighted by molar-refractivity contribution is -0.138. The Labute approximate surface area is 160 Å². The Morgan fingerprint density at radius 1 is 0.778 bits per heavy atom. The number of rotatable bonds is 13. The van der Waals surface area contributed by atoms with Crippen LogP contribution >= 0.6 is 0 Å². The van der Waals surface area contributed by atoms with Crippen molar-refractivity contribution in [2.24, 2.45) is 0 Å². The smallest absolute Gasteiger partial charge is 0.335 e. The number of hydrogen-bond donors (Lipinski definition) is 3. The quantitative estimate of drug-likeness (QED) is 0.431. The number of carboxylic acids is 3. The van der Waals surface area contributed by atoms with Crippen LogP contribution in [0, 0.1) is 0 Å². The van der Waals surface area contributed by atoms with Crippen molar-refractivity contribution in [3.63, 3.8) is 0 Å². The molecule has 0 aliphatic carbocycles. The minimum Gasteiger partial charge on any atom is -0.494 e. The fourth-order valence-electron chi connectivity index (χ4n) is 2.17. The third-order valence-corrected chi connectivity index (χ3v) is 3.61. The molecule has 0 aliphatic heterocycles. The van der Waals surface area contributed by atoms with E-state index in [1.165, 1.54) is 12.1 Å². The van der Waals surface area contributed by atoms with Gasteiger partial charge in [-0.3, -0.25) is 9.59 Å². The highest BCUT2D eigenvalue weighted by molar-refractivity contribution is 5.87. The van der Waals surface area contributed by atoms with Crippen LogP contribution in [-0.2, 0) is 9.59 Å². The van der Waals surface area contributed by atoms with E-state index in [1.54, 1.807) is 12.1 Å². The molecule has 0 amide bonds. The van der Waals surface area contributed by atoms with Gasteiger partial charge in [0.2, 0.25) is 0 Å². The van der Waals surface area contributed by atoms with Crippen LogP contribution in [-0.4, -0.2) is 39.8 Å². The number of aromatic carboxylic acids is 1. The van der Waals surface area contributed by atoms with Gasteiger partial charge in [0.05, 0.1) is 12.2 Å². The van der Waals surface area contributed by atoms with Crippen molar-refractivity contribution in [3.05, 3.63) is 29.8 Å². The molecule has 0 saturated heterocycles. The van der Waals surface area contributed by atoms with Crippen LogP contribution in [0.3, 0.4) is 0 Å². The van der Waals surface area contributed by atoms with Crippen LogP contribution in [0.4, 0.5) is 0 Å². The number of aliphatic carboxylic acids is 2. The van der Waals surface area contributed by atoms with Gasteiger partial charge in [0.1, 0.15) is 5.75 Å². The zero-order valence-electron chi connectivity index (χ0n) is 15.9. The zero-order chi connectivity index (χ0) is 20.5. The van der Waals surface area contributed by atoms with Crippen molar-refractivity contribution in [3.8, 4) is 5.75 Å². The molecule has 0 radical (unpaired) electrons. The highest BCUT2D eigenvalue weighted by Gasteiger charge is 2.01. The molecule has 0 heterocycles. The van der Waals surface area contributed by atoms with Gasteiger partial charge >= 0.3 is 17.9 Å². The van der Waals surface area contributed by atoms with Crippen LogP contribution < -0.4 is 4.74 Å². The van der Waals surface area contributed by atoms with E-state index in [4.69, 9.17) is 20.1 Å². The number of unbranched alkanes of at least 4 members (excludes halogenated alkanes) is 5. The van der Waals surface area contributed by atoms with Gasteiger partial charge in [-0.25, -0.2) is 4.79 Å². The predicted molar refractivity (Wildman–Crippen MR) is 101 cm³/mol. The number of carboxylic acid groups (broad SMARTS) is 3. The Bertz CT molecular complexity index is 532. The first-order valence-electron chi connectivity index (χ1n) is 9.26. The average Bonchev–Trinajstić information content (AvgIpc) is 2.62. The molecular formula is C20H30O7. The summed E-state index contributed by atoms with van der Waals surface area (Å²) in [5, 5.41) is 25.3. The van der Waals surface area contributed by atoms with Gasteiger partial charge in [0, 0.05) is 12.8 Å². The van der Waals surface area contributed by atoms with Gasteiger partial charge in [-0.2, -0.15) is 0 Å². The van der Waals surface area contributed by atoms with Crippen LogP contribution in [0.5, 0.6) is 5.75 Å². The van der Waals surface area contributed by atoms with Crippen molar-refractivity contribution in [2.45, 2.75) is 64.7 Å². The Morgan fingerprint density at radius 2 is 1.22 bits per heavy atom. The number of benzene rings is 1. The molecule has 0 atom stereocenters. The third kappa shape index (κ3) is 15.4. The Hall–Kier alpha value is -2.57. The molecule has 0 spiro atoms. The zero-order valence-corrected chi connectivity index (χ0v) is 15.9. The molecule has 0 saturated carbocycles. The fourth-order valence-corrected chi connectivity index (χ4v) is 2.17. The number of ether oxygens (including phenoxy) is 1. The van der Waals surface area contributed by atoms with E-state index < -0.39 is 17.9 Å². The van der Waals surface area contributed by atoms with Crippen molar-refractivity contribution < 1.29 is 34.4 Å². The van der Waals surface area contributed by atoms with E-state index in [9.17, 15) is 14.4 Å². The van der Waals surface area contributed by atoms with E-state index >= 15 is 0 Å². The van der Waals surface area contributed by atoms with E-state index in [2.05, 4.69) is 0 Å². The summed E-state index contributed by atoms with van der Waals surface area (Å²) < 4.78 is 5.30. The lowest BCUT2D eigenvalue weighted by Crippen LogP contribution is -1.97. The third-order valence-electron chi connectivity index (χ3n) is 3.61. The summed E-state index contributed by atoms with van der Waals surface area (Å²) in [5.41, 5.74) is 0.281. The van der Waals surface area contributed by atoms with Crippen molar-refractivity contribution in [2.75, 3.05) is 6.61 Å². The van der Waals surface area contributed by atoms with E-state index in [0.29, 0.717) is 12.4 Å². The minimum absolute atomic E-state index is 0.245. The molecular weight excluding hydrogens is 352 g/mol. The fraction of sp³-hybridized carbons (Fsp3) is 0.550. The van der Waals surface area contributed by atoms with Gasteiger partial charge < -0.3 is 20.1 Å². The standard InChI is InChI=1S/C10H18O4.C10H12O3/c11-9(12)7-5-3-1-2-4-6-8-10(13)14;1-2-7-13-9-5-3-8(4-6-9)10(11)12/h1-8H2,(H,11,12)(H,13,14);3-6H,2,7H2,1H3,(H,11,12). The van der Waals surface area contributed by atoms with E-state index in [-0.39, 0.29) is 18.4 Å². The number of carbonyl (C=O) groups is 3. The van der Waals surface area contributed by atoms with Crippen LogP contribution in [0.25, 0.3) is 0 Å². The summed E-state index contributed by atoms with van der Waals surface area (Å²) in [6.45, 7) is 2.68. The molecule has 0 unspecified atom stereocenters. The summed E-state index contributed by atoms with van der Waals surface area (Å²) in [6, 6.07) is 6.40. The van der Waals surface area contributed by atoms with Crippen LogP contribution in [0.15, 0.2) is 24.3 Å². The molecule has 0 aliphatic rings. The summed E-state index contributed by atoms with van der Waals surface area (Å²) in [6.07, 6.45) is 6.77. The summed E-state index contributed by atoms with van der Waals surface area (Å²) in [4.78, 5) is 30.8. The second kappa shape index (κ2) is 15.7. The Balaban J connectivity index is 0.000000501. The van der Waals surface area contributed by atoms with Gasteiger partial charge in [-0.15, -0.1) is 0 Å². The molecule has 0 bridgehead atoms. The maximum atomic E-state index is 10.5. The lowest BCUT2D eigenvalue weighted by atomic mass is 10.1. The molecule has 0 fully saturated rings. The van der Waals surface area contributed by atoms with Gasteiger partial charge in [-0.1, -0.05) is 32.6 Å². The van der Waals surface area contributed by atoms with E-state index in [1.807, 2.05) is 6.92 Å². The monoisotopic (exact) mass is 382 g/mol. The van der Waals surface area contributed by atoms with Gasteiger partial charge in [0.15, 0.2) is 0 Å². The molecule has 1 aromatic rings. The second-order valence-electron chi connectivity index (χ2n) is 6.09. The normalized spacial score (nSPS) is 9.81. The van der Waals surface area contributed by atoms with Crippen LogP contribution in [0.2, 0.25) is 0 Å². The first kappa shape index (κ1) is 24.4. The summed E-state index contributed by atoms with van der Waals surface area (Å²) in [5.74, 6) is -1.68. The average molecular weight is 382 g/mol. The van der Waals surface area contributed by atoms with Crippen molar-refractivity contribution in [1.29, 1.82) is 0 Å². The van der Waals surface area contributed by atoms with Gasteiger partial charge in [-0.05, 0) is 43.5 Å². The maximum Gasteiger partial charge on any atom is 0.335 e. The first-order valence-corrected chi connectivity index (χ1v) is 9.26. The predicted octanol–water partition coefficient (Wildman–Crippen LogP) is 4.45. The summed E-state index contributed by atoms with van der Waals surface area (Å²) in [7, 11) is 0. The molecule has 7 heteroatoms. The SMILES string of the molecule is CCCOc1ccc(C(=O)O)cc1.O=C(O)CCCCCCCCC(=O)O. The Kier molecular flexibility index (Phi) is 14.2. The second-order valence-corrected chi connectivity index (χ2v) is 6.09. The molecule has 27 heavy (non-hydrogen) atoms. The summed E-state index contributed by atoms with van der Waals surface area (Å²) >= 11 is 0. The first-order chi connectivity index (χ1) is 12.9. The van der Waals surface area contributed by atoms with Gasteiger partial charge in [0.25, 0.3) is 0 Å². The molecule has 0 aromatic heterocycles. The van der Waals surface area contributed by atoms with E-state index in [0.717, 1.165) is 44.9 Å². The minimum atomic E-state index is -0.915. The van der Waals surface area contributed by atoms with Crippen molar-refractivity contribution in [1.82, 2.24) is 0 Å². The molecule has 7 nitrogen and oxygen atoms in total. The van der Waals surface area contributed by atoms with Crippen LogP contribution in [0.1, 0.15) is 75.1 Å². The topological polar surface area (TPSA) is 121 Å². The molecule has 1 aromatic carbocycles. The number of hydrogen-bond acceptors (Lipinski definition) is 4. The lowest BCUT2D eigenvalue weighted by Gasteiger charge is -2.03. The molecule has 1 rings (SSSR count). The highest BCUT2D eigenvalue weighted by Crippen LogP contribution is 2.12. The Morgan fingerprint density at radius 3 is 1.59 bits per heavy atom. The largest absolute Gasteiger partial charge is 0.494 e. The van der Waals surface area contributed by atoms with Crippen molar-refractivity contribution >= 4 is 17.9 Å². The highest BCUT2D eigenvalue weighted by atomic mass is 16.5. The maximum absolute atomic E-state index is 10.5. The molecule has 3 N–H and O–H groups in total. The molecule has 152 valence electrons.